The van der Waals surface area contributed by atoms with Crippen LogP contribution in [-0.2, 0) is 0 Å². The molecule has 2 saturated carbocycles. The van der Waals surface area contributed by atoms with Gasteiger partial charge in [-0.1, -0.05) is 6.42 Å². The first-order valence-electron chi connectivity index (χ1n) is 8.07. The van der Waals surface area contributed by atoms with Crippen LogP contribution in [0.2, 0.25) is 0 Å². The average molecular weight is 289 g/mol. The fourth-order valence-corrected chi connectivity index (χ4v) is 4.63. The molecule has 116 valence electrons. The predicted octanol–water partition coefficient (Wildman–Crippen LogP) is 3.71. The summed E-state index contributed by atoms with van der Waals surface area (Å²) in [6.45, 7) is 2.18. The zero-order valence-corrected chi connectivity index (χ0v) is 13.6. The Bertz CT molecular complexity index is 514. The lowest BCUT2D eigenvalue weighted by Crippen LogP contribution is -2.29. The van der Waals surface area contributed by atoms with E-state index in [1.807, 2.05) is 0 Å². The van der Waals surface area contributed by atoms with Gasteiger partial charge in [0.05, 0.1) is 14.2 Å². The highest BCUT2D eigenvalue weighted by Gasteiger charge is 2.43. The van der Waals surface area contributed by atoms with E-state index in [-0.39, 0.29) is 0 Å². The summed E-state index contributed by atoms with van der Waals surface area (Å²) in [5, 5.41) is 3.58. The van der Waals surface area contributed by atoms with Gasteiger partial charge in [-0.25, -0.2) is 0 Å². The van der Waals surface area contributed by atoms with Crippen molar-refractivity contribution in [1.82, 2.24) is 5.32 Å². The van der Waals surface area contributed by atoms with Gasteiger partial charge in [0.2, 0.25) is 0 Å². The average Bonchev–Trinajstić information content (AvgIpc) is 3.12. The van der Waals surface area contributed by atoms with Crippen LogP contribution in [0.3, 0.4) is 0 Å². The minimum absolute atomic E-state index is 0.431. The highest BCUT2D eigenvalue weighted by molar-refractivity contribution is 5.48. The van der Waals surface area contributed by atoms with Crippen LogP contribution in [0.4, 0.5) is 0 Å². The van der Waals surface area contributed by atoms with Crippen molar-refractivity contribution < 1.29 is 9.47 Å². The number of aryl methyl sites for hydroxylation is 1. The lowest BCUT2D eigenvalue weighted by Gasteiger charge is -2.32. The van der Waals surface area contributed by atoms with Crippen molar-refractivity contribution in [3.8, 4) is 11.5 Å². The lowest BCUT2D eigenvalue weighted by molar-refractivity contribution is 0.258. The summed E-state index contributed by atoms with van der Waals surface area (Å²) in [4.78, 5) is 0. The minimum Gasteiger partial charge on any atom is -0.493 e. The van der Waals surface area contributed by atoms with Crippen molar-refractivity contribution >= 4 is 0 Å². The number of benzene rings is 1. The molecule has 0 aliphatic heterocycles. The zero-order valence-electron chi connectivity index (χ0n) is 13.6. The molecule has 1 aromatic rings. The number of nitrogens with one attached hydrogen (secondary N) is 1. The van der Waals surface area contributed by atoms with E-state index in [2.05, 4.69) is 31.4 Å². The number of methoxy groups -OCH3 is 2. The fraction of sp³-hybridized carbons (Fsp3) is 0.667. The zero-order chi connectivity index (χ0) is 15.0. The molecule has 0 saturated heterocycles. The molecule has 4 atom stereocenters. The number of ether oxygens (including phenoxy) is 2. The van der Waals surface area contributed by atoms with Crippen molar-refractivity contribution in [2.75, 3.05) is 21.3 Å². The number of rotatable bonds is 5. The molecule has 3 rings (SSSR count). The molecule has 0 amide bonds. The highest BCUT2D eigenvalue weighted by Crippen LogP contribution is 2.53. The summed E-state index contributed by atoms with van der Waals surface area (Å²) in [5.41, 5.74) is 2.66. The van der Waals surface area contributed by atoms with Crippen LogP contribution in [0.25, 0.3) is 0 Å². The highest BCUT2D eigenvalue weighted by atomic mass is 16.5. The molecule has 1 aromatic carbocycles. The second-order valence-corrected chi connectivity index (χ2v) is 6.67. The quantitative estimate of drug-likeness (QED) is 0.896. The van der Waals surface area contributed by atoms with Crippen molar-refractivity contribution in [2.45, 2.75) is 38.6 Å². The molecule has 0 aromatic heterocycles. The predicted molar refractivity (Wildman–Crippen MR) is 85.0 cm³/mol. The maximum Gasteiger partial charge on any atom is 0.161 e. The Hall–Kier alpha value is -1.22. The van der Waals surface area contributed by atoms with E-state index in [9.17, 15) is 0 Å². The summed E-state index contributed by atoms with van der Waals surface area (Å²) in [6.07, 6.45) is 5.68. The Morgan fingerprint density at radius 1 is 1.10 bits per heavy atom. The maximum atomic E-state index is 5.50. The standard InChI is InChI=1S/C18H27NO2/c1-11-7-16(20-3)17(21-4)10-14(11)18(19-2)15-9-12-5-6-13(15)8-12/h7,10,12-13,15,18-19H,5-6,8-9H2,1-4H3. The van der Waals surface area contributed by atoms with Gasteiger partial charge in [-0.3, -0.25) is 0 Å². The Balaban J connectivity index is 1.93. The van der Waals surface area contributed by atoms with Crippen LogP contribution < -0.4 is 14.8 Å². The van der Waals surface area contributed by atoms with E-state index in [0.717, 1.165) is 29.3 Å². The molecule has 0 heterocycles. The first-order chi connectivity index (χ1) is 10.2. The third kappa shape index (κ3) is 2.52. The summed E-state index contributed by atoms with van der Waals surface area (Å²) in [7, 11) is 5.50. The van der Waals surface area contributed by atoms with Crippen LogP contribution >= 0.6 is 0 Å². The first-order valence-corrected chi connectivity index (χ1v) is 8.07. The third-order valence-electron chi connectivity index (χ3n) is 5.64. The van der Waals surface area contributed by atoms with Gasteiger partial charge in [-0.2, -0.15) is 0 Å². The van der Waals surface area contributed by atoms with E-state index < -0.39 is 0 Å². The molecule has 4 unspecified atom stereocenters. The van der Waals surface area contributed by atoms with Crippen LogP contribution in [0, 0.1) is 24.7 Å². The molecule has 2 bridgehead atoms. The van der Waals surface area contributed by atoms with Crippen molar-refractivity contribution in [1.29, 1.82) is 0 Å². The first kappa shape index (κ1) is 14.7. The molecule has 0 radical (unpaired) electrons. The second-order valence-electron chi connectivity index (χ2n) is 6.67. The van der Waals surface area contributed by atoms with Crippen molar-refractivity contribution in [3.05, 3.63) is 23.3 Å². The van der Waals surface area contributed by atoms with Gasteiger partial charge in [0.15, 0.2) is 11.5 Å². The smallest absolute Gasteiger partial charge is 0.161 e. The van der Waals surface area contributed by atoms with E-state index in [1.54, 1.807) is 14.2 Å². The van der Waals surface area contributed by atoms with Crippen molar-refractivity contribution in [2.24, 2.45) is 17.8 Å². The fourth-order valence-electron chi connectivity index (χ4n) is 4.63. The SMILES string of the molecule is CNC(c1cc(OC)c(OC)cc1C)C1CC2CCC1C2. The van der Waals surface area contributed by atoms with Gasteiger partial charge in [0.1, 0.15) is 0 Å². The molecule has 21 heavy (non-hydrogen) atoms. The third-order valence-corrected chi connectivity index (χ3v) is 5.64. The molecule has 0 spiro atoms. The van der Waals surface area contributed by atoms with Crippen LogP contribution in [0.5, 0.6) is 11.5 Å². The van der Waals surface area contributed by atoms with Gasteiger partial charge in [-0.15, -0.1) is 0 Å². The monoisotopic (exact) mass is 289 g/mol. The topological polar surface area (TPSA) is 30.5 Å². The Labute approximate surface area is 128 Å². The number of fused-ring (bicyclic) bond motifs is 2. The second kappa shape index (κ2) is 5.88. The van der Waals surface area contributed by atoms with E-state index >= 15 is 0 Å². The molecule has 1 N–H and O–H groups in total. The van der Waals surface area contributed by atoms with Gasteiger partial charge in [0, 0.05) is 6.04 Å². The Kier molecular flexibility index (Phi) is 4.12. The minimum atomic E-state index is 0.431. The number of hydrogen-bond donors (Lipinski definition) is 1. The summed E-state index contributed by atoms with van der Waals surface area (Å²) >= 11 is 0. The number of hydrogen-bond acceptors (Lipinski definition) is 3. The van der Waals surface area contributed by atoms with Crippen LogP contribution in [0.15, 0.2) is 12.1 Å². The molecule has 3 heteroatoms. The summed E-state index contributed by atoms with van der Waals surface area (Å²) < 4.78 is 10.9. The van der Waals surface area contributed by atoms with Gasteiger partial charge < -0.3 is 14.8 Å². The molecular weight excluding hydrogens is 262 g/mol. The maximum absolute atomic E-state index is 5.50. The molecule has 2 fully saturated rings. The van der Waals surface area contributed by atoms with E-state index in [1.165, 1.54) is 36.8 Å². The molecule has 3 nitrogen and oxygen atoms in total. The summed E-state index contributed by atoms with van der Waals surface area (Å²) in [5.74, 6) is 4.30. The van der Waals surface area contributed by atoms with Gasteiger partial charge in [0.25, 0.3) is 0 Å². The van der Waals surface area contributed by atoms with Crippen LogP contribution in [0.1, 0.15) is 42.9 Å². The Morgan fingerprint density at radius 2 is 1.81 bits per heavy atom. The largest absolute Gasteiger partial charge is 0.493 e. The van der Waals surface area contributed by atoms with Gasteiger partial charge >= 0.3 is 0 Å². The van der Waals surface area contributed by atoms with E-state index in [0.29, 0.717) is 6.04 Å². The Morgan fingerprint density at radius 3 is 2.33 bits per heavy atom. The summed E-state index contributed by atoms with van der Waals surface area (Å²) in [6, 6.07) is 4.70. The lowest BCUT2D eigenvalue weighted by atomic mass is 9.79. The van der Waals surface area contributed by atoms with E-state index in [4.69, 9.17) is 9.47 Å². The molecular formula is C18H27NO2. The van der Waals surface area contributed by atoms with Crippen molar-refractivity contribution in [3.63, 3.8) is 0 Å². The van der Waals surface area contributed by atoms with Gasteiger partial charge in [-0.05, 0) is 74.2 Å². The van der Waals surface area contributed by atoms with Crippen LogP contribution in [-0.4, -0.2) is 21.3 Å². The molecule has 2 aliphatic carbocycles. The molecule has 2 aliphatic rings. The normalized spacial score (nSPS) is 28.7.